The van der Waals surface area contributed by atoms with Gasteiger partial charge in [0.25, 0.3) is 0 Å². The van der Waals surface area contributed by atoms with Crippen LogP contribution in [0.2, 0.25) is 0 Å². The molecule has 1 aromatic heterocycles. The molecular formula is C8H12N2O3. The highest BCUT2D eigenvalue weighted by atomic mass is 16.7. The highest BCUT2D eigenvalue weighted by Gasteiger charge is 2.25. The van der Waals surface area contributed by atoms with Crippen LogP contribution in [0.4, 0.5) is 0 Å². The highest BCUT2D eigenvalue weighted by molar-refractivity contribution is 4.75. The summed E-state index contributed by atoms with van der Waals surface area (Å²) in [7, 11) is 0. The van der Waals surface area contributed by atoms with E-state index in [0.717, 1.165) is 0 Å². The number of hydrogen-bond donors (Lipinski definition) is 1. The monoisotopic (exact) mass is 184 g/mol. The van der Waals surface area contributed by atoms with E-state index in [-0.39, 0.29) is 19.0 Å². The summed E-state index contributed by atoms with van der Waals surface area (Å²) in [6, 6.07) is 0. The first-order chi connectivity index (χ1) is 6.38. The normalized spacial score (nSPS) is 28.1. The molecule has 5 nitrogen and oxygen atoms in total. The molecule has 1 aliphatic heterocycles. The Morgan fingerprint density at radius 2 is 2.54 bits per heavy atom. The van der Waals surface area contributed by atoms with Crippen LogP contribution < -0.4 is 0 Å². The van der Waals surface area contributed by atoms with E-state index in [0.29, 0.717) is 13.2 Å². The summed E-state index contributed by atoms with van der Waals surface area (Å²) >= 11 is 0. The van der Waals surface area contributed by atoms with Crippen molar-refractivity contribution in [1.29, 1.82) is 0 Å². The molecule has 0 bridgehead atoms. The lowest BCUT2D eigenvalue weighted by Crippen LogP contribution is -2.19. The van der Waals surface area contributed by atoms with E-state index in [1.54, 1.807) is 12.5 Å². The van der Waals surface area contributed by atoms with E-state index in [1.807, 2.05) is 10.8 Å². The third-order valence-electron chi connectivity index (χ3n) is 1.93. The maximum atomic E-state index is 8.79. The van der Waals surface area contributed by atoms with Crippen LogP contribution in [0.5, 0.6) is 0 Å². The Labute approximate surface area is 75.9 Å². The Kier molecular flexibility index (Phi) is 2.58. The van der Waals surface area contributed by atoms with Crippen molar-refractivity contribution in [3.63, 3.8) is 0 Å². The van der Waals surface area contributed by atoms with E-state index >= 15 is 0 Å². The molecule has 5 heteroatoms. The van der Waals surface area contributed by atoms with Crippen molar-refractivity contribution in [3.8, 4) is 0 Å². The summed E-state index contributed by atoms with van der Waals surface area (Å²) < 4.78 is 12.5. The first kappa shape index (κ1) is 8.68. The fourth-order valence-corrected chi connectivity index (χ4v) is 1.27. The van der Waals surface area contributed by atoms with Crippen molar-refractivity contribution in [2.45, 2.75) is 18.9 Å². The standard InChI is InChI=1S/C8H12N2O3/c11-4-7-5-12-8(13-7)3-10-2-1-9-6-10/h1-2,6-8,11H,3-5H2. The van der Waals surface area contributed by atoms with E-state index < -0.39 is 0 Å². The van der Waals surface area contributed by atoms with Gasteiger partial charge in [0.1, 0.15) is 6.10 Å². The number of rotatable bonds is 3. The molecule has 2 unspecified atom stereocenters. The van der Waals surface area contributed by atoms with Crippen molar-refractivity contribution in [2.24, 2.45) is 0 Å². The predicted molar refractivity (Wildman–Crippen MR) is 43.9 cm³/mol. The molecule has 1 fully saturated rings. The minimum Gasteiger partial charge on any atom is -0.394 e. The van der Waals surface area contributed by atoms with Crippen molar-refractivity contribution in [1.82, 2.24) is 9.55 Å². The maximum absolute atomic E-state index is 8.79. The average molecular weight is 184 g/mol. The van der Waals surface area contributed by atoms with Gasteiger partial charge in [-0.2, -0.15) is 0 Å². The van der Waals surface area contributed by atoms with Crippen LogP contribution in [0.3, 0.4) is 0 Å². The molecule has 0 radical (unpaired) electrons. The maximum Gasteiger partial charge on any atom is 0.176 e. The molecule has 2 heterocycles. The summed E-state index contributed by atoms with van der Waals surface area (Å²) in [4.78, 5) is 3.91. The molecule has 1 saturated heterocycles. The second-order valence-electron chi connectivity index (χ2n) is 2.96. The number of imidazole rings is 1. The number of nitrogens with zero attached hydrogens (tertiary/aromatic N) is 2. The van der Waals surface area contributed by atoms with E-state index in [1.165, 1.54) is 0 Å². The van der Waals surface area contributed by atoms with Gasteiger partial charge < -0.3 is 19.1 Å². The van der Waals surface area contributed by atoms with E-state index in [9.17, 15) is 0 Å². The van der Waals surface area contributed by atoms with Gasteiger partial charge in [0.05, 0.1) is 26.1 Å². The van der Waals surface area contributed by atoms with Gasteiger partial charge in [-0.05, 0) is 0 Å². The summed E-state index contributed by atoms with van der Waals surface area (Å²) in [5.41, 5.74) is 0. The van der Waals surface area contributed by atoms with Crippen molar-refractivity contribution in [2.75, 3.05) is 13.2 Å². The predicted octanol–water partition coefficient (Wildman–Crippen LogP) is -0.383. The van der Waals surface area contributed by atoms with Gasteiger partial charge in [-0.3, -0.25) is 0 Å². The van der Waals surface area contributed by atoms with Gasteiger partial charge >= 0.3 is 0 Å². The zero-order chi connectivity index (χ0) is 9.10. The number of ether oxygens (including phenoxy) is 2. The lowest BCUT2D eigenvalue weighted by molar-refractivity contribution is -0.0741. The Hall–Kier alpha value is -0.910. The Morgan fingerprint density at radius 1 is 1.62 bits per heavy atom. The largest absolute Gasteiger partial charge is 0.394 e. The SMILES string of the molecule is OCC1COC(Cn2ccnc2)O1. The van der Waals surface area contributed by atoms with Gasteiger partial charge in [-0.1, -0.05) is 0 Å². The van der Waals surface area contributed by atoms with Crippen LogP contribution in [-0.4, -0.2) is 40.3 Å². The van der Waals surface area contributed by atoms with Gasteiger partial charge in [0.2, 0.25) is 0 Å². The van der Waals surface area contributed by atoms with Crippen LogP contribution in [-0.2, 0) is 16.0 Å². The summed E-state index contributed by atoms with van der Waals surface area (Å²) in [6.45, 7) is 1.10. The fraction of sp³-hybridized carbons (Fsp3) is 0.625. The Balaban J connectivity index is 1.84. The zero-order valence-electron chi connectivity index (χ0n) is 7.17. The van der Waals surface area contributed by atoms with Gasteiger partial charge in [0.15, 0.2) is 6.29 Å². The molecule has 0 spiro atoms. The summed E-state index contributed by atoms with van der Waals surface area (Å²) in [5, 5.41) is 8.79. The van der Waals surface area contributed by atoms with Crippen LogP contribution >= 0.6 is 0 Å². The first-order valence-electron chi connectivity index (χ1n) is 4.22. The molecule has 13 heavy (non-hydrogen) atoms. The minimum absolute atomic E-state index is 0.0143. The Bertz CT molecular complexity index is 250. The Morgan fingerprint density at radius 3 is 3.15 bits per heavy atom. The van der Waals surface area contributed by atoms with E-state index in [4.69, 9.17) is 14.6 Å². The van der Waals surface area contributed by atoms with Gasteiger partial charge in [-0.15, -0.1) is 0 Å². The summed E-state index contributed by atoms with van der Waals surface area (Å²) in [6.07, 6.45) is 4.83. The van der Waals surface area contributed by atoms with Crippen LogP contribution in [0.15, 0.2) is 18.7 Å². The van der Waals surface area contributed by atoms with Crippen LogP contribution in [0, 0.1) is 0 Å². The van der Waals surface area contributed by atoms with Crippen molar-refractivity contribution >= 4 is 0 Å². The molecule has 1 N–H and O–H groups in total. The second kappa shape index (κ2) is 3.87. The molecule has 1 aliphatic rings. The smallest absolute Gasteiger partial charge is 0.176 e. The molecule has 1 aromatic rings. The highest BCUT2D eigenvalue weighted by Crippen LogP contribution is 2.12. The second-order valence-corrected chi connectivity index (χ2v) is 2.96. The fourth-order valence-electron chi connectivity index (χ4n) is 1.27. The van der Waals surface area contributed by atoms with Crippen LogP contribution in [0.25, 0.3) is 0 Å². The summed E-state index contributed by atoms with van der Waals surface area (Å²) in [5.74, 6) is 0. The molecule has 0 amide bonds. The molecule has 2 atom stereocenters. The molecular weight excluding hydrogens is 172 g/mol. The average Bonchev–Trinajstić information content (AvgIpc) is 2.76. The molecule has 0 aliphatic carbocycles. The van der Waals surface area contributed by atoms with Gasteiger partial charge in [-0.25, -0.2) is 4.98 Å². The zero-order valence-corrected chi connectivity index (χ0v) is 7.17. The van der Waals surface area contributed by atoms with Crippen molar-refractivity contribution in [3.05, 3.63) is 18.7 Å². The number of hydrogen-bond acceptors (Lipinski definition) is 4. The number of aliphatic hydroxyl groups is 1. The van der Waals surface area contributed by atoms with Crippen molar-refractivity contribution < 1.29 is 14.6 Å². The quantitative estimate of drug-likeness (QED) is 0.695. The molecule has 2 rings (SSSR count). The minimum atomic E-state index is -0.258. The molecule has 0 saturated carbocycles. The number of aliphatic hydroxyl groups excluding tert-OH is 1. The van der Waals surface area contributed by atoms with E-state index in [2.05, 4.69) is 4.98 Å². The third-order valence-corrected chi connectivity index (χ3v) is 1.93. The first-order valence-corrected chi connectivity index (χ1v) is 4.22. The van der Waals surface area contributed by atoms with Crippen LogP contribution in [0.1, 0.15) is 0 Å². The lowest BCUT2D eigenvalue weighted by Gasteiger charge is -2.10. The topological polar surface area (TPSA) is 56.5 Å². The third kappa shape index (κ3) is 2.06. The van der Waals surface area contributed by atoms with Gasteiger partial charge in [0, 0.05) is 12.4 Å². The molecule has 72 valence electrons. The number of aromatic nitrogens is 2. The lowest BCUT2D eigenvalue weighted by atomic mass is 10.4. The molecule has 0 aromatic carbocycles.